The number of ether oxygens (including phenoxy) is 1. The van der Waals surface area contributed by atoms with Gasteiger partial charge in [-0.25, -0.2) is 0 Å². The number of nitrogens with one attached hydrogen (secondary N) is 2. The lowest BCUT2D eigenvalue weighted by Gasteiger charge is -2.35. The number of hydrogen-bond donors (Lipinski definition) is 2. The number of rotatable bonds is 6. The lowest BCUT2D eigenvalue weighted by molar-refractivity contribution is -0.142. The highest BCUT2D eigenvalue weighted by molar-refractivity contribution is 6.10. The molecule has 2 aliphatic heterocycles. The second-order valence-corrected chi connectivity index (χ2v) is 8.02. The third kappa shape index (κ3) is 5.52. The summed E-state index contributed by atoms with van der Waals surface area (Å²) in [5.74, 6) is -0.415. The molecule has 0 spiro atoms. The molecule has 2 aromatic carbocycles. The smallest absolute Gasteiger partial charge is 0.257 e. The molecule has 168 valence electrons. The van der Waals surface area contributed by atoms with Crippen LogP contribution in [0, 0.1) is 0 Å². The van der Waals surface area contributed by atoms with Crippen LogP contribution in [0.15, 0.2) is 54.6 Å². The van der Waals surface area contributed by atoms with Crippen LogP contribution in [-0.4, -0.2) is 73.0 Å². The zero-order valence-electron chi connectivity index (χ0n) is 18.0. The van der Waals surface area contributed by atoms with E-state index in [0.29, 0.717) is 49.7 Å². The number of anilines is 2. The summed E-state index contributed by atoms with van der Waals surface area (Å²) in [6.45, 7) is 3.28. The summed E-state index contributed by atoms with van der Waals surface area (Å²) in [7, 11) is 0. The molecule has 4 rings (SSSR count). The van der Waals surface area contributed by atoms with Gasteiger partial charge in [0, 0.05) is 38.5 Å². The summed E-state index contributed by atoms with van der Waals surface area (Å²) in [5, 5.41) is 5.70. The molecule has 0 radical (unpaired) electrons. The predicted octanol–water partition coefficient (Wildman–Crippen LogP) is 2.20. The van der Waals surface area contributed by atoms with Crippen LogP contribution in [-0.2, 0) is 14.3 Å². The summed E-state index contributed by atoms with van der Waals surface area (Å²) in [6.07, 6.45) is 1.42. The van der Waals surface area contributed by atoms with Crippen LogP contribution < -0.4 is 10.6 Å². The van der Waals surface area contributed by atoms with Crippen molar-refractivity contribution in [3.8, 4) is 0 Å². The first-order valence-corrected chi connectivity index (χ1v) is 11.0. The first-order valence-electron chi connectivity index (χ1n) is 11.0. The van der Waals surface area contributed by atoms with Gasteiger partial charge in [-0.1, -0.05) is 30.3 Å². The monoisotopic (exact) mass is 436 g/mol. The molecule has 0 unspecified atom stereocenters. The van der Waals surface area contributed by atoms with Crippen LogP contribution in [0.2, 0.25) is 0 Å². The molecule has 8 nitrogen and oxygen atoms in total. The van der Waals surface area contributed by atoms with Gasteiger partial charge in [0.2, 0.25) is 5.91 Å². The molecule has 32 heavy (non-hydrogen) atoms. The maximum absolute atomic E-state index is 12.7. The molecule has 0 aliphatic carbocycles. The molecule has 2 N–H and O–H groups in total. The molecule has 2 aliphatic rings. The van der Waals surface area contributed by atoms with Gasteiger partial charge in [0.1, 0.15) is 6.10 Å². The van der Waals surface area contributed by atoms with Crippen molar-refractivity contribution in [1.29, 1.82) is 0 Å². The minimum absolute atomic E-state index is 0.0601. The Morgan fingerprint density at radius 1 is 0.906 bits per heavy atom. The average Bonchev–Trinajstić information content (AvgIpc) is 3.35. The van der Waals surface area contributed by atoms with Crippen molar-refractivity contribution in [2.75, 3.05) is 50.0 Å². The molecular weight excluding hydrogens is 408 g/mol. The van der Waals surface area contributed by atoms with Crippen LogP contribution in [0.3, 0.4) is 0 Å². The number of carbonyl (C=O) groups excluding carboxylic acids is 3. The molecule has 2 saturated heterocycles. The lowest BCUT2D eigenvalue weighted by atomic mass is 10.1. The van der Waals surface area contributed by atoms with E-state index >= 15 is 0 Å². The number of amides is 3. The van der Waals surface area contributed by atoms with E-state index in [9.17, 15) is 14.4 Å². The number of nitrogens with zero attached hydrogens (tertiary/aromatic N) is 2. The summed E-state index contributed by atoms with van der Waals surface area (Å²) in [6, 6.07) is 16.1. The maximum Gasteiger partial charge on any atom is 0.257 e. The normalized spacial score (nSPS) is 18.9. The number of benzene rings is 2. The fourth-order valence-electron chi connectivity index (χ4n) is 4.01. The Morgan fingerprint density at radius 3 is 2.34 bits per heavy atom. The molecule has 2 aromatic rings. The predicted molar refractivity (Wildman–Crippen MR) is 121 cm³/mol. The molecule has 8 heteroatoms. The third-order valence-corrected chi connectivity index (χ3v) is 5.73. The van der Waals surface area contributed by atoms with Crippen molar-refractivity contribution in [1.82, 2.24) is 9.80 Å². The molecule has 0 aromatic heterocycles. The van der Waals surface area contributed by atoms with Gasteiger partial charge in [-0.05, 0) is 37.1 Å². The van der Waals surface area contributed by atoms with Crippen molar-refractivity contribution < 1.29 is 19.1 Å². The first-order chi connectivity index (χ1) is 15.6. The highest BCUT2D eigenvalue weighted by atomic mass is 16.5. The third-order valence-electron chi connectivity index (χ3n) is 5.73. The molecule has 2 fully saturated rings. The summed E-state index contributed by atoms with van der Waals surface area (Å²) >= 11 is 0. The topological polar surface area (TPSA) is 91.0 Å². The van der Waals surface area contributed by atoms with Crippen molar-refractivity contribution in [2.45, 2.75) is 18.9 Å². The van der Waals surface area contributed by atoms with Crippen LogP contribution in [0.1, 0.15) is 23.2 Å². The Balaban J connectivity index is 1.29. The second kappa shape index (κ2) is 10.4. The molecule has 2 heterocycles. The largest absolute Gasteiger partial charge is 0.368 e. The van der Waals surface area contributed by atoms with Crippen LogP contribution in [0.25, 0.3) is 0 Å². The van der Waals surface area contributed by atoms with E-state index in [1.54, 1.807) is 24.3 Å². The van der Waals surface area contributed by atoms with Gasteiger partial charge in [-0.3, -0.25) is 19.3 Å². The van der Waals surface area contributed by atoms with Gasteiger partial charge in [0.15, 0.2) is 0 Å². The fraction of sp³-hybridized carbons (Fsp3) is 0.375. The van der Waals surface area contributed by atoms with Gasteiger partial charge in [-0.15, -0.1) is 0 Å². The molecular formula is C24H28N4O4. The number of para-hydroxylation sites is 2. The van der Waals surface area contributed by atoms with Gasteiger partial charge in [-0.2, -0.15) is 0 Å². The molecule has 3 amide bonds. The zero-order chi connectivity index (χ0) is 22.3. The first kappa shape index (κ1) is 22.0. The summed E-state index contributed by atoms with van der Waals surface area (Å²) in [5.41, 5.74) is 1.56. The van der Waals surface area contributed by atoms with E-state index in [2.05, 4.69) is 10.6 Å². The van der Waals surface area contributed by atoms with E-state index in [-0.39, 0.29) is 30.4 Å². The number of carbonyl (C=O) groups is 3. The van der Waals surface area contributed by atoms with Crippen molar-refractivity contribution in [3.05, 3.63) is 60.2 Å². The van der Waals surface area contributed by atoms with Gasteiger partial charge in [0.05, 0.1) is 17.8 Å². The average molecular weight is 437 g/mol. The highest BCUT2D eigenvalue weighted by Gasteiger charge is 2.30. The Labute approximate surface area is 187 Å². The summed E-state index contributed by atoms with van der Waals surface area (Å²) in [4.78, 5) is 41.7. The minimum atomic E-state index is -0.302. The Kier molecular flexibility index (Phi) is 7.14. The number of piperazine rings is 1. The van der Waals surface area contributed by atoms with E-state index in [1.807, 2.05) is 40.1 Å². The van der Waals surface area contributed by atoms with Gasteiger partial charge >= 0.3 is 0 Å². The van der Waals surface area contributed by atoms with Gasteiger partial charge in [0.25, 0.3) is 11.8 Å². The second-order valence-electron chi connectivity index (χ2n) is 8.02. The van der Waals surface area contributed by atoms with Crippen LogP contribution in [0.4, 0.5) is 11.4 Å². The summed E-state index contributed by atoms with van der Waals surface area (Å²) < 4.78 is 5.49. The van der Waals surface area contributed by atoms with Crippen LogP contribution >= 0.6 is 0 Å². The highest BCUT2D eigenvalue weighted by Crippen LogP contribution is 2.18. The van der Waals surface area contributed by atoms with Crippen molar-refractivity contribution >= 4 is 29.1 Å². The Bertz CT molecular complexity index is 951. The van der Waals surface area contributed by atoms with Gasteiger partial charge < -0.3 is 20.3 Å². The standard InChI is InChI=1S/C24H28N4O4/c29-22(17-27-12-14-28(15-13-27)24(31)21-11-6-16-32-21)26-20-10-5-4-9-19(20)23(30)25-18-7-2-1-3-8-18/h1-5,7-10,21H,6,11-17H2,(H,25,30)(H,26,29)/t21-/m0/s1. The quantitative estimate of drug-likeness (QED) is 0.725. The fourth-order valence-corrected chi connectivity index (χ4v) is 4.01. The molecule has 0 bridgehead atoms. The molecule has 1 atom stereocenters. The van der Waals surface area contributed by atoms with E-state index in [4.69, 9.17) is 4.74 Å². The van der Waals surface area contributed by atoms with E-state index in [1.165, 1.54) is 0 Å². The lowest BCUT2D eigenvalue weighted by Crippen LogP contribution is -2.52. The minimum Gasteiger partial charge on any atom is -0.368 e. The van der Waals surface area contributed by atoms with E-state index in [0.717, 1.165) is 12.8 Å². The molecule has 0 saturated carbocycles. The Morgan fingerprint density at radius 2 is 1.62 bits per heavy atom. The SMILES string of the molecule is O=C(CN1CCN(C(=O)[C@@H]2CCCO2)CC1)Nc1ccccc1C(=O)Nc1ccccc1. The zero-order valence-corrected chi connectivity index (χ0v) is 18.0. The van der Waals surface area contributed by atoms with Crippen LogP contribution in [0.5, 0.6) is 0 Å². The number of hydrogen-bond acceptors (Lipinski definition) is 5. The Hall–Kier alpha value is -3.23. The van der Waals surface area contributed by atoms with E-state index < -0.39 is 0 Å². The maximum atomic E-state index is 12.7. The van der Waals surface area contributed by atoms with Crippen molar-refractivity contribution in [3.63, 3.8) is 0 Å². The van der Waals surface area contributed by atoms with Crippen molar-refractivity contribution in [2.24, 2.45) is 0 Å².